The smallest absolute Gasteiger partial charge is 0.263 e. The minimum Gasteiger partial charge on any atom is -0.263 e. The van der Waals surface area contributed by atoms with Crippen LogP contribution in [0.3, 0.4) is 0 Å². The molecule has 2 N–H and O–H groups in total. The van der Waals surface area contributed by atoms with E-state index >= 15 is 0 Å². The molecule has 0 aliphatic heterocycles. The van der Waals surface area contributed by atoms with Gasteiger partial charge in [0, 0.05) is 0 Å². The maximum absolute atomic E-state index is 10.9. The van der Waals surface area contributed by atoms with Crippen molar-refractivity contribution >= 4 is 6.04 Å². The van der Waals surface area contributed by atoms with Crippen LogP contribution < -0.4 is 5.73 Å². The molecule has 0 atom stereocenters. The number of halogens is 3. The average molecular weight is 113 g/mol. The van der Waals surface area contributed by atoms with E-state index in [0.29, 0.717) is 0 Å². The second-order valence-electron chi connectivity index (χ2n) is 0.897. The molecular weight excluding hydrogens is 111 g/mol. The lowest BCUT2D eigenvalue weighted by Gasteiger charge is -1.97. The van der Waals surface area contributed by atoms with Crippen molar-refractivity contribution in [2.45, 2.75) is 6.05 Å². The summed E-state index contributed by atoms with van der Waals surface area (Å²) in [5.41, 5.74) is 3.62. The molecule has 0 saturated carbocycles. The van der Waals surface area contributed by atoms with Crippen LogP contribution in [0.2, 0.25) is 0 Å². The Morgan fingerprint density at radius 2 is 1.71 bits per heavy atom. The summed E-state index contributed by atoms with van der Waals surface area (Å²) < 4.78 is 32.5. The Hall–Kier alpha value is -0.580. The lowest BCUT2D eigenvalue weighted by molar-refractivity contribution is -0.154. The molecule has 42 valence electrons. The first kappa shape index (κ1) is 6.42. The maximum atomic E-state index is 10.9. The minimum absolute atomic E-state index is 2.81. The van der Waals surface area contributed by atoms with E-state index in [0.717, 1.165) is 0 Å². The monoisotopic (exact) mass is 113 g/mol. The van der Waals surface area contributed by atoms with Crippen LogP contribution in [0.15, 0.2) is 0 Å². The predicted octanol–water partition coefficient (Wildman–Crippen LogP) is 0.0340. The molecule has 0 aromatic heterocycles. The topological polar surface area (TPSA) is 43.1 Å². The maximum Gasteiger partial charge on any atom is 0.390 e. The van der Waals surface area contributed by atoms with Crippen molar-refractivity contribution in [2.24, 2.45) is 5.73 Å². The molecule has 0 spiro atoms. The molecule has 2 nitrogen and oxygen atoms in total. The number of hydrogen-bond acceptors (Lipinski definition) is 2. The molecule has 0 aliphatic rings. The predicted molar refractivity (Wildman–Crippen MR) is 15.2 cm³/mol. The molecule has 0 amide bonds. The Labute approximate surface area is 37.1 Å². The molecule has 5 heteroatoms. The zero-order valence-corrected chi connectivity index (χ0v) is 3.12. The highest BCUT2D eigenvalue weighted by atomic mass is 19.3. The summed E-state index contributed by atoms with van der Waals surface area (Å²) in [7, 11) is 0. The summed E-state index contributed by atoms with van der Waals surface area (Å²) in [6.45, 7) is 0. The van der Waals surface area contributed by atoms with Crippen LogP contribution >= 0.6 is 0 Å². The zero-order chi connectivity index (χ0) is 6.08. The van der Waals surface area contributed by atoms with Gasteiger partial charge in [-0.15, -0.1) is 0 Å². The first-order valence-corrected chi connectivity index (χ1v) is 1.31. The van der Waals surface area contributed by atoms with Gasteiger partial charge in [-0.3, -0.25) is 10.5 Å². The SMILES string of the molecule is NC(F)(F)C(=O)F. The first-order chi connectivity index (χ1) is 2.94. The fourth-order valence-corrected chi connectivity index (χ4v) is 0. The van der Waals surface area contributed by atoms with E-state index in [-0.39, 0.29) is 0 Å². The van der Waals surface area contributed by atoms with Crippen LogP contribution in [-0.2, 0) is 4.79 Å². The lowest BCUT2D eigenvalue weighted by atomic mass is 10.6. The Balaban J connectivity index is 3.79. The molecule has 0 radical (unpaired) electrons. The summed E-state index contributed by atoms with van der Waals surface area (Å²) in [4.78, 5) is 8.92. The van der Waals surface area contributed by atoms with Crippen LogP contribution in [0.4, 0.5) is 13.2 Å². The molecule has 0 saturated heterocycles. The van der Waals surface area contributed by atoms with Gasteiger partial charge in [0.2, 0.25) is 0 Å². The van der Waals surface area contributed by atoms with E-state index < -0.39 is 12.1 Å². The van der Waals surface area contributed by atoms with Crippen molar-refractivity contribution in [2.75, 3.05) is 0 Å². The normalized spacial score (nSPS) is 11.4. The molecule has 0 fully saturated rings. The van der Waals surface area contributed by atoms with Gasteiger partial charge in [0.05, 0.1) is 0 Å². The summed E-state index contributed by atoms with van der Waals surface area (Å²) in [6, 6.07) is -7.12. The molecule has 0 bridgehead atoms. The molecule has 0 heterocycles. The fourth-order valence-electron chi connectivity index (χ4n) is 0. The summed E-state index contributed by atoms with van der Waals surface area (Å²) in [6.07, 6.45) is 0. The van der Waals surface area contributed by atoms with Crippen molar-refractivity contribution < 1.29 is 18.0 Å². The third-order valence-electron chi connectivity index (χ3n) is 0.262. The van der Waals surface area contributed by atoms with Gasteiger partial charge in [0.25, 0.3) is 0 Å². The number of rotatable bonds is 1. The highest BCUT2D eigenvalue weighted by molar-refractivity contribution is 5.75. The van der Waals surface area contributed by atoms with E-state index in [1.807, 2.05) is 0 Å². The molecule has 0 aliphatic carbocycles. The van der Waals surface area contributed by atoms with Gasteiger partial charge in [-0.1, -0.05) is 0 Å². The third kappa shape index (κ3) is 2.16. The van der Waals surface area contributed by atoms with Gasteiger partial charge in [-0.05, 0) is 0 Å². The largest absolute Gasteiger partial charge is 0.390 e. The molecule has 0 aromatic carbocycles. The Kier molecular flexibility index (Phi) is 1.37. The van der Waals surface area contributed by atoms with Crippen molar-refractivity contribution in [3.63, 3.8) is 0 Å². The van der Waals surface area contributed by atoms with Gasteiger partial charge in [0.15, 0.2) is 0 Å². The summed E-state index contributed by atoms with van der Waals surface area (Å²) in [5.74, 6) is 0. The lowest BCUT2D eigenvalue weighted by Crippen LogP contribution is -2.35. The number of nitrogens with two attached hydrogens (primary N) is 1. The van der Waals surface area contributed by atoms with E-state index in [1.54, 1.807) is 0 Å². The third-order valence-corrected chi connectivity index (χ3v) is 0.262. The Morgan fingerprint density at radius 3 is 1.71 bits per heavy atom. The van der Waals surface area contributed by atoms with Gasteiger partial charge in [-0.2, -0.15) is 13.2 Å². The summed E-state index contributed by atoms with van der Waals surface area (Å²) >= 11 is 0. The quantitative estimate of drug-likeness (QED) is 0.385. The van der Waals surface area contributed by atoms with E-state index in [4.69, 9.17) is 4.79 Å². The minimum atomic E-state index is -4.31. The van der Waals surface area contributed by atoms with E-state index in [9.17, 15) is 13.2 Å². The van der Waals surface area contributed by atoms with Crippen LogP contribution in [0, 0.1) is 0 Å². The number of alkyl halides is 2. The van der Waals surface area contributed by atoms with Crippen LogP contribution in [0.1, 0.15) is 0 Å². The number of hydrogen-bond donors (Lipinski definition) is 1. The zero-order valence-electron chi connectivity index (χ0n) is 3.12. The van der Waals surface area contributed by atoms with E-state index in [2.05, 4.69) is 5.73 Å². The number of carbonyl (C=O) groups excluding carboxylic acids is 1. The van der Waals surface area contributed by atoms with Crippen LogP contribution in [0.25, 0.3) is 0 Å². The second-order valence-corrected chi connectivity index (χ2v) is 0.897. The highest BCUT2D eigenvalue weighted by Crippen LogP contribution is 2.04. The van der Waals surface area contributed by atoms with E-state index in [1.165, 1.54) is 0 Å². The van der Waals surface area contributed by atoms with Crippen LogP contribution in [-0.4, -0.2) is 12.1 Å². The Morgan fingerprint density at radius 1 is 1.57 bits per heavy atom. The van der Waals surface area contributed by atoms with Gasteiger partial charge in [0.1, 0.15) is 0 Å². The standard InChI is InChI=1S/C2H2F3NO/c3-1(7)2(4,5)6/h6H2. The van der Waals surface area contributed by atoms with Crippen molar-refractivity contribution in [1.82, 2.24) is 0 Å². The molecular formula is C2H2F3NO. The molecule has 0 unspecified atom stereocenters. The van der Waals surface area contributed by atoms with Crippen molar-refractivity contribution in [3.05, 3.63) is 0 Å². The molecule has 0 rings (SSSR count). The van der Waals surface area contributed by atoms with Gasteiger partial charge in [-0.25, -0.2) is 0 Å². The number of carbonyl (C=O) groups is 1. The highest BCUT2D eigenvalue weighted by Gasteiger charge is 2.33. The van der Waals surface area contributed by atoms with Gasteiger partial charge < -0.3 is 0 Å². The Bertz CT molecular complexity index is 85.4. The fraction of sp³-hybridized carbons (Fsp3) is 0.500. The average Bonchev–Trinajstić information content (AvgIpc) is 1.31. The molecule has 7 heavy (non-hydrogen) atoms. The van der Waals surface area contributed by atoms with Crippen molar-refractivity contribution in [1.29, 1.82) is 0 Å². The van der Waals surface area contributed by atoms with Crippen molar-refractivity contribution in [3.8, 4) is 0 Å². The second kappa shape index (κ2) is 1.49. The molecule has 0 aromatic rings. The van der Waals surface area contributed by atoms with Gasteiger partial charge >= 0.3 is 12.1 Å². The van der Waals surface area contributed by atoms with Crippen LogP contribution in [0.5, 0.6) is 0 Å². The summed E-state index contributed by atoms with van der Waals surface area (Å²) in [5, 5.41) is 0. The first-order valence-electron chi connectivity index (χ1n) is 1.31.